The van der Waals surface area contributed by atoms with Crippen LogP contribution in [-0.4, -0.2) is 72.5 Å². The summed E-state index contributed by atoms with van der Waals surface area (Å²) in [5.74, 6) is 2.13. The minimum absolute atomic E-state index is 0.0863. The Morgan fingerprint density at radius 2 is 1.91 bits per heavy atom. The van der Waals surface area contributed by atoms with Crippen molar-refractivity contribution in [2.45, 2.75) is 45.9 Å². The maximum absolute atomic E-state index is 13.0. The van der Waals surface area contributed by atoms with Gasteiger partial charge in [-0.15, -0.1) is 0 Å². The molecule has 0 aliphatic carbocycles. The van der Waals surface area contributed by atoms with Crippen LogP contribution in [0.4, 0.5) is 5.82 Å². The third-order valence-corrected chi connectivity index (χ3v) is 7.28. The number of fused-ring (bicyclic) bond motifs is 1. The van der Waals surface area contributed by atoms with Gasteiger partial charge in [0.15, 0.2) is 11.5 Å². The summed E-state index contributed by atoms with van der Waals surface area (Å²) in [5, 5.41) is 12.8. The predicted molar refractivity (Wildman–Crippen MR) is 131 cm³/mol. The van der Waals surface area contributed by atoms with Crippen molar-refractivity contribution in [3.63, 3.8) is 0 Å². The summed E-state index contributed by atoms with van der Waals surface area (Å²) in [4.78, 5) is 17.6. The van der Waals surface area contributed by atoms with Crippen molar-refractivity contribution < 1.29 is 19.0 Å². The van der Waals surface area contributed by atoms with Crippen LogP contribution in [0, 0.1) is 25.2 Å². The maximum Gasteiger partial charge on any atom is 0.239 e. The Balaban J connectivity index is 1.16. The van der Waals surface area contributed by atoms with Crippen LogP contribution in [0.15, 0.2) is 18.2 Å². The van der Waals surface area contributed by atoms with Crippen LogP contribution >= 0.6 is 0 Å². The molecule has 4 heterocycles. The first kappa shape index (κ1) is 23.7. The van der Waals surface area contributed by atoms with Crippen LogP contribution in [0.3, 0.4) is 0 Å². The third-order valence-electron chi connectivity index (χ3n) is 7.28. The maximum atomic E-state index is 13.0. The molecule has 3 aliphatic rings. The van der Waals surface area contributed by atoms with Gasteiger partial charge in [0.25, 0.3) is 0 Å². The van der Waals surface area contributed by atoms with Gasteiger partial charge in [0, 0.05) is 45.0 Å². The molecule has 1 aromatic carbocycles. The Morgan fingerprint density at radius 1 is 1.14 bits per heavy atom. The van der Waals surface area contributed by atoms with Crippen LogP contribution in [0.25, 0.3) is 0 Å². The number of hydrogen-bond donors (Lipinski definition) is 1. The lowest BCUT2D eigenvalue weighted by Gasteiger charge is -2.34. The molecule has 0 radical (unpaired) electrons. The Kier molecular flexibility index (Phi) is 6.95. The molecule has 2 saturated heterocycles. The second kappa shape index (κ2) is 10.3. The minimum atomic E-state index is -0.0863. The van der Waals surface area contributed by atoms with Gasteiger partial charge in [0.1, 0.15) is 11.9 Å². The van der Waals surface area contributed by atoms with Crippen LogP contribution in [0.1, 0.15) is 35.2 Å². The number of nitrogens with zero attached hydrogens (tertiary/aromatic N) is 4. The molecule has 1 N–H and O–H groups in total. The summed E-state index contributed by atoms with van der Waals surface area (Å²) >= 11 is 0. The second-order valence-electron chi connectivity index (χ2n) is 9.58. The fraction of sp³-hybridized carbons (Fsp3) is 0.538. The van der Waals surface area contributed by atoms with Gasteiger partial charge in [-0.05, 0) is 49.9 Å². The largest absolute Gasteiger partial charge is 0.454 e. The van der Waals surface area contributed by atoms with Crippen molar-refractivity contribution in [3.8, 4) is 17.6 Å². The lowest BCUT2D eigenvalue weighted by atomic mass is 10.1. The molecule has 3 aliphatic heterocycles. The van der Waals surface area contributed by atoms with Gasteiger partial charge in [-0.1, -0.05) is 6.07 Å². The Bertz CT molecular complexity index is 1120. The number of piperazine rings is 1. The minimum Gasteiger partial charge on any atom is -0.454 e. The van der Waals surface area contributed by atoms with Crippen molar-refractivity contribution in [1.29, 1.82) is 5.26 Å². The van der Waals surface area contributed by atoms with E-state index in [-0.39, 0.29) is 18.8 Å². The number of hydrogen-bond acceptors (Lipinski definition) is 7. The van der Waals surface area contributed by atoms with Crippen LogP contribution < -0.4 is 14.8 Å². The van der Waals surface area contributed by atoms with Gasteiger partial charge in [-0.25, -0.2) is 0 Å². The number of amides is 1. The SMILES string of the molecule is Cc1c(C#N)c(NC(=O)CN2CCN(Cc3ccc4c(c3)OCO4)CC2)n(C[C@@H]2CCCO2)c1C. The molecule has 35 heavy (non-hydrogen) atoms. The quantitative estimate of drug-likeness (QED) is 0.653. The molecule has 2 aromatic rings. The van der Waals surface area contributed by atoms with Gasteiger partial charge >= 0.3 is 0 Å². The molecule has 9 heteroatoms. The van der Waals surface area contributed by atoms with E-state index < -0.39 is 0 Å². The van der Waals surface area contributed by atoms with Crippen molar-refractivity contribution in [3.05, 3.63) is 40.6 Å². The second-order valence-corrected chi connectivity index (χ2v) is 9.58. The van der Waals surface area contributed by atoms with Gasteiger partial charge in [0.2, 0.25) is 12.7 Å². The summed E-state index contributed by atoms with van der Waals surface area (Å²) in [6, 6.07) is 8.38. The Hall–Kier alpha value is -3.06. The molecule has 1 aromatic heterocycles. The standard InChI is InChI=1S/C26H33N5O4/c1-18-19(2)31(15-21-4-3-11-33-21)26(22(18)13-27)28-25(32)16-30-9-7-29(8-10-30)14-20-5-6-23-24(12-20)35-17-34-23/h5-6,12,21H,3-4,7-11,14-17H2,1-2H3,(H,28,32)/t21-/m0/s1. The number of nitrogens with one attached hydrogen (secondary N) is 1. The van der Waals surface area contributed by atoms with E-state index >= 15 is 0 Å². The molecule has 0 bridgehead atoms. The predicted octanol–water partition coefficient (Wildman–Crippen LogP) is 2.64. The number of benzene rings is 1. The third kappa shape index (κ3) is 5.15. The van der Waals surface area contributed by atoms with Gasteiger partial charge in [-0.3, -0.25) is 14.6 Å². The van der Waals surface area contributed by atoms with E-state index in [2.05, 4.69) is 27.3 Å². The first-order chi connectivity index (χ1) is 17.0. The van der Waals surface area contributed by atoms with Crippen molar-refractivity contribution in [2.24, 2.45) is 0 Å². The van der Waals surface area contributed by atoms with Crippen LogP contribution in [0.2, 0.25) is 0 Å². The fourth-order valence-electron chi connectivity index (χ4n) is 5.13. The highest BCUT2D eigenvalue weighted by molar-refractivity contribution is 5.93. The number of carbonyl (C=O) groups excluding carboxylic acids is 1. The summed E-state index contributed by atoms with van der Waals surface area (Å²) < 4.78 is 18.7. The lowest BCUT2D eigenvalue weighted by Crippen LogP contribution is -2.48. The molecule has 1 amide bonds. The Morgan fingerprint density at radius 3 is 2.66 bits per heavy atom. The molecule has 0 saturated carbocycles. The molecule has 2 fully saturated rings. The summed E-state index contributed by atoms with van der Waals surface area (Å²) in [6.45, 7) is 10.2. The molecule has 0 unspecified atom stereocenters. The van der Waals surface area contributed by atoms with Crippen molar-refractivity contribution >= 4 is 11.7 Å². The van der Waals surface area contributed by atoms with E-state index in [1.807, 2.05) is 30.5 Å². The zero-order valence-corrected chi connectivity index (χ0v) is 20.5. The van der Waals surface area contributed by atoms with Gasteiger partial charge < -0.3 is 24.1 Å². The first-order valence-electron chi connectivity index (χ1n) is 12.4. The van der Waals surface area contributed by atoms with E-state index in [0.29, 0.717) is 24.5 Å². The van der Waals surface area contributed by atoms with Crippen molar-refractivity contribution in [2.75, 3.05) is 51.4 Å². The topological polar surface area (TPSA) is 92.0 Å². The number of carbonyl (C=O) groups is 1. The smallest absolute Gasteiger partial charge is 0.239 e. The molecular formula is C26H33N5O4. The molecule has 9 nitrogen and oxygen atoms in total. The number of rotatable bonds is 7. The first-order valence-corrected chi connectivity index (χ1v) is 12.4. The molecule has 5 rings (SSSR count). The number of nitriles is 1. The highest BCUT2D eigenvalue weighted by atomic mass is 16.7. The van der Waals surface area contributed by atoms with Gasteiger partial charge in [-0.2, -0.15) is 5.26 Å². The average Bonchev–Trinajstić information content (AvgIpc) is 3.58. The summed E-state index contributed by atoms with van der Waals surface area (Å²) in [5.41, 5.74) is 3.66. The average molecular weight is 480 g/mol. The van der Waals surface area contributed by atoms with E-state index in [4.69, 9.17) is 14.2 Å². The van der Waals surface area contributed by atoms with Crippen molar-refractivity contribution in [1.82, 2.24) is 14.4 Å². The highest BCUT2D eigenvalue weighted by Gasteiger charge is 2.25. The molecular weight excluding hydrogens is 446 g/mol. The van der Waals surface area contributed by atoms with Gasteiger partial charge in [0.05, 0.1) is 24.8 Å². The van der Waals surface area contributed by atoms with E-state index in [1.54, 1.807) is 0 Å². The van der Waals surface area contributed by atoms with E-state index in [1.165, 1.54) is 5.56 Å². The van der Waals surface area contributed by atoms with E-state index in [0.717, 1.165) is 74.9 Å². The number of aromatic nitrogens is 1. The summed E-state index contributed by atoms with van der Waals surface area (Å²) in [6.07, 6.45) is 2.18. The zero-order valence-electron chi connectivity index (χ0n) is 20.5. The zero-order chi connectivity index (χ0) is 24.4. The molecule has 186 valence electrons. The van der Waals surface area contributed by atoms with Crippen LogP contribution in [0.5, 0.6) is 11.5 Å². The van der Waals surface area contributed by atoms with Crippen LogP contribution in [-0.2, 0) is 22.6 Å². The highest BCUT2D eigenvalue weighted by Crippen LogP contribution is 2.33. The Labute approximate surface area is 206 Å². The molecule has 1 atom stereocenters. The van der Waals surface area contributed by atoms with E-state index in [9.17, 15) is 10.1 Å². The normalized spacial score (nSPS) is 20.2. The lowest BCUT2D eigenvalue weighted by molar-refractivity contribution is -0.117. The monoisotopic (exact) mass is 479 g/mol. The number of anilines is 1. The number of ether oxygens (including phenoxy) is 3. The molecule has 0 spiro atoms. The summed E-state index contributed by atoms with van der Waals surface area (Å²) in [7, 11) is 0. The fourth-order valence-corrected chi connectivity index (χ4v) is 5.13.